The van der Waals surface area contributed by atoms with Crippen molar-refractivity contribution in [2.75, 3.05) is 0 Å². The van der Waals surface area contributed by atoms with Gasteiger partial charge in [-0.2, -0.15) is 0 Å². The van der Waals surface area contributed by atoms with Gasteiger partial charge in [-0.05, 0) is 35.8 Å². The van der Waals surface area contributed by atoms with Crippen molar-refractivity contribution in [3.63, 3.8) is 0 Å². The molecule has 0 atom stereocenters. The van der Waals surface area contributed by atoms with Crippen molar-refractivity contribution < 1.29 is 19.1 Å². The third-order valence-electron chi connectivity index (χ3n) is 1.82. The Morgan fingerprint density at radius 1 is 1.53 bits per heavy atom. The average molecular weight is 276 g/mol. The molecule has 1 amide bonds. The van der Waals surface area contributed by atoms with E-state index in [-0.39, 0.29) is 10.2 Å². The fraction of sp³-hybridized carbons (Fsp3) is 0.333. The predicted molar refractivity (Wildman–Crippen MR) is 55.6 cm³/mol. The number of carboxylic acid groups (broad SMARTS) is 1. The molecule has 1 rings (SSSR count). The number of nitrogens with one attached hydrogen (secondary N) is 1. The van der Waals surface area contributed by atoms with Crippen LogP contribution < -0.4 is 5.32 Å². The van der Waals surface area contributed by atoms with Gasteiger partial charge >= 0.3 is 5.97 Å². The van der Waals surface area contributed by atoms with E-state index in [4.69, 9.17) is 9.52 Å². The van der Waals surface area contributed by atoms with Crippen LogP contribution in [-0.2, 0) is 4.79 Å². The molecule has 2 N–H and O–H groups in total. The van der Waals surface area contributed by atoms with Crippen LogP contribution in [0, 0.1) is 0 Å². The summed E-state index contributed by atoms with van der Waals surface area (Å²) in [4.78, 5) is 22.3. The summed E-state index contributed by atoms with van der Waals surface area (Å²) in [5.41, 5.74) is -1.04. The summed E-state index contributed by atoms with van der Waals surface area (Å²) >= 11 is 3.04. The van der Waals surface area contributed by atoms with E-state index in [0.717, 1.165) is 0 Å². The van der Waals surface area contributed by atoms with Gasteiger partial charge in [0.25, 0.3) is 5.91 Å². The summed E-state index contributed by atoms with van der Waals surface area (Å²) < 4.78 is 5.15. The van der Waals surface area contributed by atoms with Crippen LogP contribution in [0.2, 0.25) is 0 Å². The molecule has 5 nitrogen and oxygen atoms in total. The van der Waals surface area contributed by atoms with E-state index in [1.54, 1.807) is 0 Å². The number of furan rings is 1. The minimum Gasteiger partial charge on any atom is -0.480 e. The predicted octanol–water partition coefficient (Wildman–Crippen LogP) is 1.64. The molecule has 0 aliphatic carbocycles. The molecule has 0 aromatic carbocycles. The maximum Gasteiger partial charge on any atom is 0.328 e. The molecule has 0 saturated heterocycles. The molecule has 0 spiro atoms. The number of halogens is 1. The third kappa shape index (κ3) is 2.59. The monoisotopic (exact) mass is 275 g/mol. The Morgan fingerprint density at radius 2 is 2.13 bits per heavy atom. The molecule has 0 saturated carbocycles. The van der Waals surface area contributed by atoms with Gasteiger partial charge in [0, 0.05) is 0 Å². The molecule has 82 valence electrons. The summed E-state index contributed by atoms with van der Waals surface area (Å²) in [6.45, 7) is 2.81. The SMILES string of the molecule is CC(C)(NC(=O)c1ccoc1Br)C(=O)O. The second-order valence-electron chi connectivity index (χ2n) is 3.49. The highest BCUT2D eigenvalue weighted by Crippen LogP contribution is 2.18. The van der Waals surface area contributed by atoms with E-state index < -0.39 is 17.4 Å². The Hall–Kier alpha value is -1.30. The highest BCUT2D eigenvalue weighted by Gasteiger charge is 2.30. The molecule has 0 radical (unpaired) electrons. The third-order valence-corrected chi connectivity index (χ3v) is 2.44. The van der Waals surface area contributed by atoms with Crippen LogP contribution in [0.15, 0.2) is 21.4 Å². The van der Waals surface area contributed by atoms with Crippen LogP contribution in [0.1, 0.15) is 24.2 Å². The molecule has 0 aliphatic heterocycles. The summed E-state index contributed by atoms with van der Waals surface area (Å²) in [6, 6.07) is 1.46. The van der Waals surface area contributed by atoms with E-state index >= 15 is 0 Å². The zero-order valence-electron chi connectivity index (χ0n) is 8.20. The van der Waals surface area contributed by atoms with Crippen molar-refractivity contribution in [1.29, 1.82) is 0 Å². The van der Waals surface area contributed by atoms with Crippen molar-refractivity contribution in [1.82, 2.24) is 5.32 Å². The number of hydrogen-bond acceptors (Lipinski definition) is 3. The molecule has 1 heterocycles. The van der Waals surface area contributed by atoms with Crippen molar-refractivity contribution >= 4 is 27.8 Å². The number of rotatable bonds is 3. The number of amides is 1. The van der Waals surface area contributed by atoms with E-state index in [1.165, 1.54) is 26.2 Å². The molecule has 1 aromatic rings. The van der Waals surface area contributed by atoms with Gasteiger partial charge in [-0.15, -0.1) is 0 Å². The van der Waals surface area contributed by atoms with Gasteiger partial charge < -0.3 is 14.8 Å². The van der Waals surface area contributed by atoms with Gasteiger partial charge in [0.1, 0.15) is 5.54 Å². The van der Waals surface area contributed by atoms with Gasteiger partial charge in [-0.1, -0.05) is 0 Å². The van der Waals surface area contributed by atoms with Crippen molar-refractivity contribution in [2.45, 2.75) is 19.4 Å². The zero-order chi connectivity index (χ0) is 11.6. The Labute approximate surface area is 94.6 Å². The first-order chi connectivity index (χ1) is 6.84. The van der Waals surface area contributed by atoms with Crippen LogP contribution >= 0.6 is 15.9 Å². The average Bonchev–Trinajstić information content (AvgIpc) is 2.50. The number of carbonyl (C=O) groups excluding carboxylic acids is 1. The molecule has 15 heavy (non-hydrogen) atoms. The Kier molecular flexibility index (Phi) is 3.18. The van der Waals surface area contributed by atoms with Crippen LogP contribution in [0.4, 0.5) is 0 Å². The van der Waals surface area contributed by atoms with Crippen molar-refractivity contribution in [2.24, 2.45) is 0 Å². The maximum atomic E-state index is 11.6. The Balaban J connectivity index is 2.81. The van der Waals surface area contributed by atoms with Gasteiger partial charge in [-0.3, -0.25) is 4.79 Å². The Bertz CT molecular complexity index is 397. The molecule has 0 aliphatic rings. The number of carboxylic acids is 1. The molecular weight excluding hydrogens is 266 g/mol. The van der Waals surface area contributed by atoms with Crippen LogP contribution in [-0.4, -0.2) is 22.5 Å². The number of carbonyl (C=O) groups is 2. The summed E-state index contributed by atoms with van der Waals surface area (Å²) in [6.07, 6.45) is 1.34. The number of aliphatic carboxylic acids is 1. The van der Waals surface area contributed by atoms with Gasteiger partial charge in [0.05, 0.1) is 11.8 Å². The highest BCUT2D eigenvalue weighted by atomic mass is 79.9. The van der Waals surface area contributed by atoms with Crippen LogP contribution in [0.25, 0.3) is 0 Å². The molecule has 1 aromatic heterocycles. The maximum absolute atomic E-state index is 11.6. The topological polar surface area (TPSA) is 79.5 Å². The van der Waals surface area contributed by atoms with Crippen molar-refractivity contribution in [3.05, 3.63) is 22.6 Å². The molecule has 0 unspecified atom stereocenters. The zero-order valence-corrected chi connectivity index (χ0v) is 9.79. The fourth-order valence-electron chi connectivity index (χ4n) is 0.860. The second kappa shape index (κ2) is 4.06. The smallest absolute Gasteiger partial charge is 0.328 e. The fourth-order valence-corrected chi connectivity index (χ4v) is 1.28. The normalized spacial score (nSPS) is 11.1. The van der Waals surface area contributed by atoms with Crippen LogP contribution in [0.5, 0.6) is 0 Å². The molecule has 0 bridgehead atoms. The molecule has 6 heteroatoms. The first-order valence-electron chi connectivity index (χ1n) is 4.13. The second-order valence-corrected chi connectivity index (χ2v) is 4.21. The van der Waals surface area contributed by atoms with Crippen LogP contribution in [0.3, 0.4) is 0 Å². The minimum atomic E-state index is -1.31. The lowest BCUT2D eigenvalue weighted by Crippen LogP contribution is -2.49. The van der Waals surface area contributed by atoms with Gasteiger partial charge in [-0.25, -0.2) is 4.79 Å². The van der Waals surface area contributed by atoms with E-state index in [2.05, 4.69) is 21.2 Å². The molecule has 0 fully saturated rings. The lowest BCUT2D eigenvalue weighted by molar-refractivity contribution is -0.143. The lowest BCUT2D eigenvalue weighted by Gasteiger charge is -2.20. The van der Waals surface area contributed by atoms with E-state index in [1.807, 2.05) is 0 Å². The summed E-state index contributed by atoms with van der Waals surface area (Å²) in [5.74, 6) is -1.60. The van der Waals surface area contributed by atoms with Crippen molar-refractivity contribution in [3.8, 4) is 0 Å². The number of hydrogen-bond donors (Lipinski definition) is 2. The minimum absolute atomic E-state index is 0.268. The summed E-state index contributed by atoms with van der Waals surface area (Å²) in [5, 5.41) is 11.2. The lowest BCUT2D eigenvalue weighted by atomic mass is 10.1. The van der Waals surface area contributed by atoms with Gasteiger partial charge in [0.15, 0.2) is 4.67 Å². The quantitative estimate of drug-likeness (QED) is 0.879. The standard InChI is InChI=1S/C9H10BrNO4/c1-9(2,8(13)14)11-7(12)5-3-4-15-6(5)10/h3-4H,1-2H3,(H,11,12)(H,13,14). The first-order valence-corrected chi connectivity index (χ1v) is 4.93. The highest BCUT2D eigenvalue weighted by molar-refractivity contribution is 9.10. The largest absolute Gasteiger partial charge is 0.480 e. The van der Waals surface area contributed by atoms with E-state index in [9.17, 15) is 9.59 Å². The van der Waals surface area contributed by atoms with Gasteiger partial charge in [0.2, 0.25) is 0 Å². The first kappa shape index (κ1) is 11.8. The summed E-state index contributed by atoms with van der Waals surface area (Å²) in [7, 11) is 0. The Morgan fingerprint density at radius 3 is 2.53 bits per heavy atom. The van der Waals surface area contributed by atoms with E-state index in [0.29, 0.717) is 0 Å². The molecular formula is C9H10BrNO4.